The van der Waals surface area contributed by atoms with Crippen LogP contribution in [-0.2, 0) is 23.4 Å². The Morgan fingerprint density at radius 3 is 2.32 bits per heavy atom. The van der Waals surface area contributed by atoms with E-state index in [1.54, 1.807) is 0 Å². The van der Waals surface area contributed by atoms with Gasteiger partial charge in [-0.15, -0.1) is 11.3 Å². The lowest BCUT2D eigenvalue weighted by Gasteiger charge is -2.44. The first kappa shape index (κ1) is 39.1. The van der Waals surface area contributed by atoms with E-state index >= 15 is 0 Å². The van der Waals surface area contributed by atoms with Crippen LogP contribution in [0.3, 0.4) is 0 Å². The molecule has 0 bridgehead atoms. The third kappa shape index (κ3) is 9.38. The van der Waals surface area contributed by atoms with Crippen LogP contribution in [0.15, 0.2) is 127 Å². The van der Waals surface area contributed by atoms with Gasteiger partial charge in [0.15, 0.2) is 6.29 Å². The number of ether oxygens (including phenoxy) is 3. The molecule has 1 unspecified atom stereocenters. The monoisotopic (exact) mass is 748 g/mol. The number of carbonyl (C=O) groups excluding carboxylic acids is 1. The number of esters is 1. The van der Waals surface area contributed by atoms with Gasteiger partial charge < -0.3 is 18.6 Å². The first-order chi connectivity index (χ1) is 25.7. The molecule has 0 spiro atoms. The minimum Gasteiger partial charge on any atom is -0.469 e. The first-order valence-corrected chi connectivity index (χ1v) is 22.0. The summed E-state index contributed by atoms with van der Waals surface area (Å²) in [6.45, 7) is 12.4. The quantitative estimate of drug-likeness (QED) is 0.0524. The molecule has 3 aromatic carbocycles. The van der Waals surface area contributed by atoms with E-state index in [-0.39, 0.29) is 41.3 Å². The first-order valence-electron chi connectivity index (χ1n) is 19.3. The van der Waals surface area contributed by atoms with Gasteiger partial charge in [-0.25, -0.2) is 0 Å². The van der Waals surface area contributed by atoms with Crippen LogP contribution in [-0.4, -0.2) is 40.4 Å². The molecule has 4 aromatic rings. The summed E-state index contributed by atoms with van der Waals surface area (Å²) in [5.74, 6) is 0.158. The van der Waals surface area contributed by atoms with Crippen LogP contribution in [0.2, 0.25) is 5.04 Å². The number of fused-ring (bicyclic) bond motifs is 1. The summed E-state index contributed by atoms with van der Waals surface area (Å²) in [6, 6.07) is 32.8. The topological polar surface area (TPSA) is 54.0 Å². The van der Waals surface area contributed by atoms with Crippen molar-refractivity contribution in [2.45, 2.75) is 95.7 Å². The molecule has 0 radical (unpaired) electrons. The summed E-state index contributed by atoms with van der Waals surface area (Å²) in [5, 5.41) is 3.58. The van der Waals surface area contributed by atoms with Gasteiger partial charge in [0.05, 0.1) is 19.3 Å². The van der Waals surface area contributed by atoms with Crippen molar-refractivity contribution in [1.82, 2.24) is 0 Å². The molecular formula is C46H56O5SSi. The van der Waals surface area contributed by atoms with Crippen LogP contribution in [0.1, 0.15) is 83.1 Å². The molecular weight excluding hydrogens is 693 g/mol. The molecule has 0 amide bonds. The standard InChI is InChI=1S/C46H56O5SSi/c1-34-32-41(50-45-28-18-19-31-49-45)39(38(34)25-14-6-7-15-27-44(47)48-5)29-30-40(43-33-35-20-16-17-26-42(35)52-43)51-53(46(2,3)4,36-21-10-8-11-22-36)37-23-12-9-13-24-37/h6,8-14,16-17,20-24,26,29-30,33,38-41,45H,1,7,15,18-19,25,27-28,31-32H2,2-5H3/t38-,39+,40+,41+,45?/m0/s1. The van der Waals surface area contributed by atoms with E-state index in [0.29, 0.717) is 6.42 Å². The smallest absolute Gasteiger partial charge is 0.305 e. The predicted octanol–water partition coefficient (Wildman–Crippen LogP) is 10.5. The molecule has 1 aliphatic heterocycles. The van der Waals surface area contributed by atoms with Crippen molar-refractivity contribution in [3.63, 3.8) is 0 Å². The summed E-state index contributed by atoms with van der Waals surface area (Å²) in [4.78, 5) is 12.8. The van der Waals surface area contributed by atoms with E-state index in [2.05, 4.69) is 143 Å². The lowest BCUT2D eigenvalue weighted by atomic mass is 9.89. The number of thiophene rings is 1. The second kappa shape index (κ2) is 18.2. The molecule has 1 aliphatic carbocycles. The van der Waals surface area contributed by atoms with E-state index in [4.69, 9.17) is 18.6 Å². The minimum absolute atomic E-state index is 0.0319. The Morgan fingerprint density at radius 1 is 0.981 bits per heavy atom. The van der Waals surface area contributed by atoms with Gasteiger partial charge in [-0.1, -0.05) is 136 Å². The molecule has 280 valence electrons. The van der Waals surface area contributed by atoms with Gasteiger partial charge in [0.25, 0.3) is 8.32 Å². The fourth-order valence-electron chi connectivity index (χ4n) is 8.08. The molecule has 1 saturated carbocycles. The summed E-state index contributed by atoms with van der Waals surface area (Å²) >= 11 is 1.82. The maximum atomic E-state index is 11.6. The number of rotatable bonds is 15. The van der Waals surface area contributed by atoms with E-state index in [0.717, 1.165) is 51.6 Å². The maximum absolute atomic E-state index is 11.6. The van der Waals surface area contributed by atoms with Crippen molar-refractivity contribution in [1.29, 1.82) is 0 Å². The van der Waals surface area contributed by atoms with Crippen LogP contribution in [0.25, 0.3) is 10.1 Å². The lowest BCUT2D eigenvalue weighted by Crippen LogP contribution is -2.66. The fourth-order valence-corrected chi connectivity index (χ4v) is 13.8. The second-order valence-corrected chi connectivity index (χ2v) is 20.8. The third-order valence-corrected chi connectivity index (χ3v) is 17.0. The van der Waals surface area contributed by atoms with Crippen molar-refractivity contribution >= 4 is 46.1 Å². The summed E-state index contributed by atoms with van der Waals surface area (Å²) in [5.41, 5.74) is 1.21. The zero-order chi connectivity index (χ0) is 37.3. The molecule has 2 heterocycles. The molecule has 1 aromatic heterocycles. The fraction of sp³-hybridized carbons (Fsp3) is 0.413. The number of benzene rings is 3. The molecule has 7 heteroatoms. The number of hydrogen-bond donors (Lipinski definition) is 0. The number of carbonyl (C=O) groups is 1. The molecule has 2 fully saturated rings. The third-order valence-electron chi connectivity index (χ3n) is 10.8. The van der Waals surface area contributed by atoms with Crippen molar-refractivity contribution in [3.05, 3.63) is 132 Å². The molecule has 0 N–H and O–H groups in total. The van der Waals surface area contributed by atoms with Gasteiger partial charge in [0.2, 0.25) is 0 Å². The molecule has 6 rings (SSSR count). The Morgan fingerprint density at radius 2 is 1.68 bits per heavy atom. The molecule has 53 heavy (non-hydrogen) atoms. The van der Waals surface area contributed by atoms with Gasteiger partial charge in [-0.3, -0.25) is 4.79 Å². The lowest BCUT2D eigenvalue weighted by molar-refractivity contribution is -0.192. The number of unbranched alkanes of at least 4 members (excludes halogenated alkanes) is 1. The number of hydrogen-bond acceptors (Lipinski definition) is 6. The molecule has 5 nitrogen and oxygen atoms in total. The summed E-state index contributed by atoms with van der Waals surface area (Å²) in [7, 11) is -1.46. The summed E-state index contributed by atoms with van der Waals surface area (Å²) < 4.78 is 26.8. The predicted molar refractivity (Wildman–Crippen MR) is 221 cm³/mol. The van der Waals surface area contributed by atoms with Crippen LogP contribution < -0.4 is 10.4 Å². The Labute approximate surface area is 321 Å². The van der Waals surface area contributed by atoms with E-state index in [1.165, 1.54) is 38.0 Å². The maximum Gasteiger partial charge on any atom is 0.305 e. The average molecular weight is 749 g/mol. The van der Waals surface area contributed by atoms with Gasteiger partial charge in [0, 0.05) is 28.5 Å². The van der Waals surface area contributed by atoms with E-state index < -0.39 is 8.32 Å². The highest BCUT2D eigenvalue weighted by molar-refractivity contribution is 7.19. The van der Waals surface area contributed by atoms with Crippen LogP contribution >= 0.6 is 11.3 Å². The molecule has 1 saturated heterocycles. The molecule has 5 atom stereocenters. The highest BCUT2D eigenvalue weighted by Gasteiger charge is 2.51. The van der Waals surface area contributed by atoms with Crippen molar-refractivity contribution in [2.75, 3.05) is 13.7 Å². The van der Waals surface area contributed by atoms with Crippen LogP contribution in [0.5, 0.6) is 0 Å². The Hall–Kier alpha value is -3.59. The van der Waals surface area contributed by atoms with E-state index in [1.807, 2.05) is 11.3 Å². The SMILES string of the molecule is C=C1C[C@@H](OC2CCCCO2)[C@H](C=C[C@@H](O[Si](c2ccccc2)(c2ccccc2)C(C)(C)C)c2cc3ccccc3s2)[C@H]1CC=CCCCC(=O)OC. The van der Waals surface area contributed by atoms with Crippen molar-refractivity contribution in [3.8, 4) is 0 Å². The second-order valence-electron chi connectivity index (χ2n) is 15.5. The van der Waals surface area contributed by atoms with Crippen molar-refractivity contribution < 1.29 is 23.4 Å². The largest absolute Gasteiger partial charge is 0.469 e. The zero-order valence-electron chi connectivity index (χ0n) is 31.9. The number of methoxy groups -OCH3 is 1. The van der Waals surface area contributed by atoms with Gasteiger partial charge in [-0.05, 0) is 83.8 Å². The highest BCUT2D eigenvalue weighted by Crippen LogP contribution is 2.45. The Bertz CT molecular complexity index is 1760. The minimum atomic E-state index is -2.91. The average Bonchev–Trinajstić information content (AvgIpc) is 3.73. The van der Waals surface area contributed by atoms with Crippen LogP contribution in [0.4, 0.5) is 0 Å². The zero-order valence-corrected chi connectivity index (χ0v) is 33.7. The van der Waals surface area contributed by atoms with Crippen molar-refractivity contribution in [2.24, 2.45) is 11.8 Å². The summed E-state index contributed by atoms with van der Waals surface area (Å²) in [6.07, 6.45) is 15.5. The normalized spacial score (nSPS) is 21.8. The van der Waals surface area contributed by atoms with Gasteiger partial charge >= 0.3 is 5.97 Å². The molecule has 2 aliphatic rings. The number of allylic oxidation sites excluding steroid dienone is 2. The van der Waals surface area contributed by atoms with E-state index in [9.17, 15) is 4.79 Å². The Kier molecular flexibility index (Phi) is 13.4. The van der Waals surface area contributed by atoms with Gasteiger partial charge in [-0.2, -0.15) is 0 Å². The highest BCUT2D eigenvalue weighted by atomic mass is 32.1. The van der Waals surface area contributed by atoms with Crippen LogP contribution in [0, 0.1) is 11.8 Å². The van der Waals surface area contributed by atoms with Gasteiger partial charge in [0.1, 0.15) is 0 Å². The Balaban J connectivity index is 1.39.